The number of nitrogens with zero attached hydrogens (tertiary/aromatic N) is 2. The van der Waals surface area contributed by atoms with Gasteiger partial charge in [0.15, 0.2) is 0 Å². The summed E-state index contributed by atoms with van der Waals surface area (Å²) >= 11 is 1.64. The number of pyridine rings is 1. The van der Waals surface area contributed by atoms with Crippen molar-refractivity contribution in [2.24, 2.45) is 0 Å². The van der Waals surface area contributed by atoms with Crippen molar-refractivity contribution in [2.45, 2.75) is 6.54 Å². The zero-order valence-electron chi connectivity index (χ0n) is 12.5. The maximum atomic E-state index is 12.7. The second-order valence-electron chi connectivity index (χ2n) is 4.96. The molecule has 0 aliphatic carbocycles. The molecule has 4 heteroatoms. The van der Waals surface area contributed by atoms with Gasteiger partial charge in [-0.25, -0.2) is 0 Å². The number of benzene rings is 1. The Hall–Kier alpha value is -2.72. The Balaban J connectivity index is 1.82. The molecule has 0 N–H and O–H groups in total. The van der Waals surface area contributed by atoms with Crippen LogP contribution in [-0.2, 0) is 11.3 Å². The average Bonchev–Trinajstić information content (AvgIpc) is 3.12. The molecule has 0 saturated heterocycles. The van der Waals surface area contributed by atoms with Crippen LogP contribution >= 0.6 is 11.3 Å². The van der Waals surface area contributed by atoms with Gasteiger partial charge in [-0.3, -0.25) is 9.78 Å². The Labute approximate surface area is 139 Å². The molecule has 1 aromatic carbocycles. The summed E-state index contributed by atoms with van der Waals surface area (Å²) in [5.74, 6) is -0.0600. The van der Waals surface area contributed by atoms with Crippen LogP contribution in [0.2, 0.25) is 0 Å². The van der Waals surface area contributed by atoms with Crippen LogP contribution in [0.1, 0.15) is 10.4 Å². The van der Waals surface area contributed by atoms with E-state index in [0.717, 1.165) is 16.1 Å². The second kappa shape index (κ2) is 7.51. The van der Waals surface area contributed by atoms with Crippen molar-refractivity contribution in [3.8, 4) is 0 Å². The highest BCUT2D eigenvalue weighted by atomic mass is 32.1. The molecule has 23 heavy (non-hydrogen) atoms. The molecule has 1 amide bonds. The Morgan fingerprint density at radius 1 is 1.09 bits per heavy atom. The zero-order valence-corrected chi connectivity index (χ0v) is 13.3. The lowest BCUT2D eigenvalue weighted by molar-refractivity contribution is -0.114. The Bertz CT molecular complexity index is 768. The molecule has 2 heterocycles. The molecular weight excluding hydrogens is 304 g/mol. The fourth-order valence-corrected chi connectivity index (χ4v) is 2.88. The minimum Gasteiger partial charge on any atom is -0.302 e. The molecule has 2 aromatic heterocycles. The molecule has 0 unspecified atom stereocenters. The van der Waals surface area contributed by atoms with Gasteiger partial charge in [-0.1, -0.05) is 36.4 Å². The van der Waals surface area contributed by atoms with Crippen molar-refractivity contribution in [1.82, 2.24) is 4.98 Å². The monoisotopic (exact) mass is 320 g/mol. The molecule has 3 aromatic rings. The van der Waals surface area contributed by atoms with Crippen LogP contribution in [0.15, 0.2) is 78.4 Å². The van der Waals surface area contributed by atoms with E-state index in [1.54, 1.807) is 34.7 Å². The van der Waals surface area contributed by atoms with E-state index in [1.807, 2.05) is 66.1 Å². The summed E-state index contributed by atoms with van der Waals surface area (Å²) in [4.78, 5) is 19.6. The third-order valence-electron chi connectivity index (χ3n) is 3.34. The molecule has 0 bridgehead atoms. The van der Waals surface area contributed by atoms with Crippen LogP contribution in [0.5, 0.6) is 0 Å². The number of anilines is 1. The van der Waals surface area contributed by atoms with E-state index in [2.05, 4.69) is 4.98 Å². The van der Waals surface area contributed by atoms with Gasteiger partial charge in [-0.2, -0.15) is 0 Å². The molecule has 0 atom stereocenters. The lowest BCUT2D eigenvalue weighted by Gasteiger charge is -2.20. The molecule has 3 rings (SSSR count). The van der Waals surface area contributed by atoms with Gasteiger partial charge >= 0.3 is 0 Å². The van der Waals surface area contributed by atoms with E-state index in [1.165, 1.54) is 0 Å². The van der Waals surface area contributed by atoms with Crippen molar-refractivity contribution < 1.29 is 4.79 Å². The molecule has 0 fully saturated rings. The van der Waals surface area contributed by atoms with Crippen molar-refractivity contribution in [3.05, 3.63) is 88.9 Å². The molecule has 0 radical (unpaired) electrons. The van der Waals surface area contributed by atoms with Crippen LogP contribution in [0.3, 0.4) is 0 Å². The summed E-state index contributed by atoms with van der Waals surface area (Å²) in [6, 6.07) is 17.6. The van der Waals surface area contributed by atoms with E-state index in [4.69, 9.17) is 0 Å². The van der Waals surface area contributed by atoms with Gasteiger partial charge in [0.25, 0.3) is 5.91 Å². The van der Waals surface area contributed by atoms with E-state index in [0.29, 0.717) is 6.54 Å². The second-order valence-corrected chi connectivity index (χ2v) is 5.99. The Kier molecular flexibility index (Phi) is 4.96. The summed E-state index contributed by atoms with van der Waals surface area (Å²) in [7, 11) is 0. The predicted octanol–water partition coefficient (Wildman–Crippen LogP) is 4.39. The Morgan fingerprint density at radius 2 is 1.96 bits per heavy atom. The first-order chi connectivity index (χ1) is 11.3. The maximum absolute atomic E-state index is 12.7. The highest BCUT2D eigenvalue weighted by Gasteiger charge is 2.14. The van der Waals surface area contributed by atoms with E-state index in [9.17, 15) is 4.79 Å². The normalized spacial score (nSPS) is 10.8. The summed E-state index contributed by atoms with van der Waals surface area (Å²) in [5.41, 5.74) is 1.80. The van der Waals surface area contributed by atoms with Crippen LogP contribution in [-0.4, -0.2) is 10.9 Å². The standard InChI is InChI=1S/C19H16N2OS/c22-19(11-10-16-6-2-1-3-7-16)21(15-18-9-5-13-23-18)17-8-4-12-20-14-17/h1-14H,15H2. The minimum absolute atomic E-state index is 0.0600. The van der Waals surface area contributed by atoms with Gasteiger partial charge in [0.05, 0.1) is 18.4 Å². The third-order valence-corrected chi connectivity index (χ3v) is 4.20. The van der Waals surface area contributed by atoms with E-state index < -0.39 is 0 Å². The SMILES string of the molecule is O=C(C=Cc1ccccc1)N(Cc1cccs1)c1cccnc1. The van der Waals surface area contributed by atoms with Crippen molar-refractivity contribution in [2.75, 3.05) is 4.90 Å². The van der Waals surface area contributed by atoms with E-state index >= 15 is 0 Å². The fraction of sp³-hybridized carbons (Fsp3) is 0.0526. The number of amides is 1. The summed E-state index contributed by atoms with van der Waals surface area (Å²) in [6.45, 7) is 0.543. The number of carbonyl (C=O) groups excluding carboxylic acids is 1. The van der Waals surface area contributed by atoms with Crippen LogP contribution in [0.4, 0.5) is 5.69 Å². The first-order valence-electron chi connectivity index (χ1n) is 7.30. The molecule has 0 aliphatic rings. The summed E-state index contributed by atoms with van der Waals surface area (Å²) < 4.78 is 0. The number of rotatable bonds is 5. The number of hydrogen-bond donors (Lipinski definition) is 0. The quantitative estimate of drug-likeness (QED) is 0.653. The zero-order chi connectivity index (χ0) is 15.9. The Morgan fingerprint density at radius 3 is 2.65 bits per heavy atom. The highest BCUT2D eigenvalue weighted by Crippen LogP contribution is 2.19. The third kappa shape index (κ3) is 4.14. The summed E-state index contributed by atoms with van der Waals surface area (Å²) in [5, 5.41) is 2.01. The lowest BCUT2D eigenvalue weighted by Crippen LogP contribution is -2.28. The van der Waals surface area contributed by atoms with Gasteiger partial charge in [0, 0.05) is 17.2 Å². The van der Waals surface area contributed by atoms with Gasteiger partial charge in [-0.05, 0) is 35.2 Å². The first-order valence-corrected chi connectivity index (χ1v) is 8.18. The highest BCUT2D eigenvalue weighted by molar-refractivity contribution is 7.09. The topological polar surface area (TPSA) is 33.2 Å². The largest absolute Gasteiger partial charge is 0.302 e. The first kappa shape index (κ1) is 15.2. The van der Waals surface area contributed by atoms with Gasteiger partial charge < -0.3 is 4.90 Å². The van der Waals surface area contributed by atoms with Crippen molar-refractivity contribution in [3.63, 3.8) is 0 Å². The molecule has 0 spiro atoms. The van der Waals surface area contributed by atoms with Gasteiger partial charge in [-0.15, -0.1) is 11.3 Å². The van der Waals surface area contributed by atoms with Crippen LogP contribution < -0.4 is 4.90 Å². The van der Waals surface area contributed by atoms with Crippen LogP contribution in [0.25, 0.3) is 6.08 Å². The maximum Gasteiger partial charge on any atom is 0.251 e. The smallest absolute Gasteiger partial charge is 0.251 e. The molecule has 3 nitrogen and oxygen atoms in total. The number of thiophene rings is 1. The van der Waals surface area contributed by atoms with Crippen molar-refractivity contribution in [1.29, 1.82) is 0 Å². The molecule has 0 saturated carbocycles. The van der Waals surface area contributed by atoms with Gasteiger partial charge in [0.2, 0.25) is 0 Å². The molecular formula is C19H16N2OS. The average molecular weight is 320 g/mol. The number of hydrogen-bond acceptors (Lipinski definition) is 3. The molecule has 0 aliphatic heterocycles. The van der Waals surface area contributed by atoms with E-state index in [-0.39, 0.29) is 5.91 Å². The minimum atomic E-state index is -0.0600. The van der Waals surface area contributed by atoms with Gasteiger partial charge in [0.1, 0.15) is 0 Å². The van der Waals surface area contributed by atoms with Crippen LogP contribution in [0, 0.1) is 0 Å². The number of aromatic nitrogens is 1. The summed E-state index contributed by atoms with van der Waals surface area (Å²) in [6.07, 6.45) is 6.86. The number of carbonyl (C=O) groups is 1. The molecule has 114 valence electrons. The lowest BCUT2D eigenvalue weighted by atomic mass is 10.2. The fourth-order valence-electron chi connectivity index (χ4n) is 2.19. The van der Waals surface area contributed by atoms with Crippen molar-refractivity contribution >= 4 is 29.0 Å². The predicted molar refractivity (Wildman–Crippen MR) is 95.2 cm³/mol.